The molecule has 1 saturated carbocycles. The first-order valence-corrected chi connectivity index (χ1v) is 15.8. The van der Waals surface area contributed by atoms with Crippen molar-refractivity contribution in [3.8, 4) is 5.75 Å². The zero-order chi connectivity index (χ0) is 30.2. The number of carbonyl (C=O) groups excluding carboxylic acids is 4. The maximum absolute atomic E-state index is 13.9. The summed E-state index contributed by atoms with van der Waals surface area (Å²) in [6, 6.07) is 5.53. The highest BCUT2D eigenvalue weighted by atomic mass is 31.2. The molecule has 1 aromatic carbocycles. The molecule has 1 aromatic heterocycles. The fourth-order valence-electron chi connectivity index (χ4n) is 6.78. The topological polar surface area (TPSA) is 179 Å². The largest absolute Gasteiger partial charge is 0.496 e. The van der Waals surface area contributed by atoms with E-state index in [9.17, 15) is 23.7 Å². The van der Waals surface area contributed by atoms with Crippen molar-refractivity contribution >= 4 is 42.2 Å². The lowest BCUT2D eigenvalue weighted by atomic mass is 9.91. The molecule has 1 aliphatic carbocycles. The highest BCUT2D eigenvalue weighted by Gasteiger charge is 2.50. The summed E-state index contributed by atoms with van der Waals surface area (Å²) in [6.45, 7) is 1.78. The number of hydrogen-bond acceptors (Lipinski definition) is 7. The van der Waals surface area contributed by atoms with Crippen LogP contribution in [0, 0.1) is 17.8 Å². The number of nitrogens with zero attached hydrogens (tertiary/aromatic N) is 2. The second kappa shape index (κ2) is 12.2. The summed E-state index contributed by atoms with van der Waals surface area (Å²) < 4.78 is 21.0. The summed E-state index contributed by atoms with van der Waals surface area (Å²) in [7, 11) is -3.19. The van der Waals surface area contributed by atoms with E-state index in [4.69, 9.17) is 14.5 Å². The standard InChI is InChI=1S/C28H37N4O9P/c1-3-23(33)21(12-16-10-11-31(27(16)35)15-41-42(37,38)39)30-26(34)25-18-7-4-6-17(18)14-32(25)28(36)22-13-19-20(29-22)8-5-9-24(19)40-2/h5,8-9,13,16-18,21,25,29H,3-4,6-7,10-12,14-15H2,1-2H3,(H,30,34)(H2,37,38,39)/t16-,17-,18-,21-,25-/m0/s1. The minimum atomic E-state index is -4.75. The molecule has 3 heterocycles. The van der Waals surface area contributed by atoms with Gasteiger partial charge in [-0.25, -0.2) is 4.57 Å². The molecule has 3 fully saturated rings. The number of hydrogen-bond donors (Lipinski definition) is 4. The average Bonchev–Trinajstić information content (AvgIpc) is 3.73. The van der Waals surface area contributed by atoms with Crippen molar-refractivity contribution in [1.29, 1.82) is 0 Å². The number of H-pyrrole nitrogens is 1. The Balaban J connectivity index is 1.33. The SMILES string of the molecule is CCC(=O)[C@H](C[C@@H]1CCN(COP(=O)(O)O)C1=O)NC(=O)[C@@H]1[C@H]2CCC[C@H]2CN1C(=O)c1cc2c(OC)cccc2[nH]1. The summed E-state index contributed by atoms with van der Waals surface area (Å²) in [5.74, 6) is -1.17. The van der Waals surface area contributed by atoms with E-state index in [1.807, 2.05) is 18.2 Å². The molecule has 42 heavy (non-hydrogen) atoms. The molecule has 0 bridgehead atoms. The molecule has 2 aliphatic heterocycles. The maximum atomic E-state index is 13.9. The summed E-state index contributed by atoms with van der Waals surface area (Å²) >= 11 is 0. The van der Waals surface area contributed by atoms with Crippen LogP contribution < -0.4 is 10.1 Å². The van der Waals surface area contributed by atoms with Crippen LogP contribution >= 0.6 is 7.82 Å². The first-order chi connectivity index (χ1) is 20.0. The van der Waals surface area contributed by atoms with Crippen molar-refractivity contribution in [2.24, 2.45) is 17.8 Å². The Kier molecular flexibility index (Phi) is 8.75. The number of likely N-dealkylation sites (tertiary alicyclic amines) is 2. The molecule has 0 radical (unpaired) electrons. The van der Waals surface area contributed by atoms with Gasteiger partial charge in [-0.2, -0.15) is 0 Å². The van der Waals surface area contributed by atoms with E-state index in [-0.39, 0.29) is 42.9 Å². The number of ether oxygens (including phenoxy) is 1. The van der Waals surface area contributed by atoms with Gasteiger partial charge < -0.3 is 34.6 Å². The lowest BCUT2D eigenvalue weighted by Gasteiger charge is -2.29. The lowest BCUT2D eigenvalue weighted by molar-refractivity contribution is -0.135. The second-order valence-corrected chi connectivity index (χ2v) is 12.6. The lowest BCUT2D eigenvalue weighted by Crippen LogP contribution is -2.53. The van der Waals surface area contributed by atoms with Gasteiger partial charge in [-0.15, -0.1) is 0 Å². The number of phosphoric ester groups is 1. The molecule has 2 aromatic rings. The normalized spacial score (nSPS) is 24.7. The number of benzene rings is 1. The van der Waals surface area contributed by atoms with E-state index in [1.165, 1.54) is 4.90 Å². The summed E-state index contributed by atoms with van der Waals surface area (Å²) in [4.78, 5) is 77.4. The first kappa shape index (κ1) is 30.2. The number of rotatable bonds is 11. The Labute approximate surface area is 243 Å². The molecule has 5 atom stereocenters. The van der Waals surface area contributed by atoms with E-state index in [0.29, 0.717) is 24.4 Å². The van der Waals surface area contributed by atoms with Crippen LogP contribution in [0.25, 0.3) is 10.9 Å². The highest BCUT2D eigenvalue weighted by Crippen LogP contribution is 2.43. The molecule has 2 saturated heterocycles. The van der Waals surface area contributed by atoms with Gasteiger partial charge in [0.15, 0.2) is 5.78 Å². The Bertz CT molecular complexity index is 1420. The fourth-order valence-corrected chi connectivity index (χ4v) is 7.07. The van der Waals surface area contributed by atoms with Crippen LogP contribution in [0.15, 0.2) is 24.3 Å². The third kappa shape index (κ3) is 6.10. The summed E-state index contributed by atoms with van der Waals surface area (Å²) in [5, 5.41) is 3.65. The number of ketones is 1. The van der Waals surface area contributed by atoms with Crippen LogP contribution in [-0.4, -0.2) is 87.1 Å². The van der Waals surface area contributed by atoms with Gasteiger partial charge in [0.05, 0.1) is 13.2 Å². The van der Waals surface area contributed by atoms with Gasteiger partial charge >= 0.3 is 7.82 Å². The minimum absolute atomic E-state index is 0.0290. The van der Waals surface area contributed by atoms with Gasteiger partial charge in [0, 0.05) is 36.3 Å². The van der Waals surface area contributed by atoms with Crippen LogP contribution in [0.1, 0.15) is 55.9 Å². The van der Waals surface area contributed by atoms with E-state index >= 15 is 0 Å². The van der Waals surface area contributed by atoms with E-state index in [2.05, 4.69) is 14.8 Å². The smallest absolute Gasteiger partial charge is 0.471 e. The number of aromatic amines is 1. The van der Waals surface area contributed by atoms with Crippen molar-refractivity contribution < 1.29 is 42.8 Å². The molecule has 0 spiro atoms. The van der Waals surface area contributed by atoms with Gasteiger partial charge in [-0.05, 0) is 55.7 Å². The molecule has 5 rings (SSSR count). The number of phosphoric acid groups is 1. The molecule has 0 unspecified atom stereocenters. The van der Waals surface area contributed by atoms with Gasteiger partial charge in [-0.1, -0.05) is 19.4 Å². The van der Waals surface area contributed by atoms with Crippen molar-refractivity contribution in [2.45, 2.75) is 57.5 Å². The Morgan fingerprint density at radius 2 is 2.00 bits per heavy atom. The number of amides is 3. The predicted octanol–water partition coefficient (Wildman–Crippen LogP) is 2.19. The highest BCUT2D eigenvalue weighted by molar-refractivity contribution is 7.46. The zero-order valence-electron chi connectivity index (χ0n) is 23.7. The average molecular weight is 605 g/mol. The summed E-state index contributed by atoms with van der Waals surface area (Å²) in [6.07, 6.45) is 3.24. The predicted molar refractivity (Wildman–Crippen MR) is 150 cm³/mol. The van der Waals surface area contributed by atoms with Crippen LogP contribution in [0.3, 0.4) is 0 Å². The Morgan fingerprint density at radius 1 is 1.21 bits per heavy atom. The molecule has 228 valence electrons. The molecule has 14 heteroatoms. The third-order valence-electron chi connectivity index (χ3n) is 8.86. The Morgan fingerprint density at radius 3 is 2.71 bits per heavy atom. The van der Waals surface area contributed by atoms with Gasteiger partial charge in [0.2, 0.25) is 11.8 Å². The van der Waals surface area contributed by atoms with Crippen molar-refractivity contribution in [3.05, 3.63) is 30.0 Å². The minimum Gasteiger partial charge on any atom is -0.496 e. The number of fused-ring (bicyclic) bond motifs is 2. The van der Waals surface area contributed by atoms with Crippen LogP contribution in [0.2, 0.25) is 0 Å². The van der Waals surface area contributed by atoms with Gasteiger partial charge in [0.25, 0.3) is 5.91 Å². The quantitative estimate of drug-likeness (QED) is 0.280. The van der Waals surface area contributed by atoms with Gasteiger partial charge in [-0.3, -0.25) is 23.7 Å². The first-order valence-electron chi connectivity index (χ1n) is 14.3. The zero-order valence-corrected chi connectivity index (χ0v) is 24.5. The number of nitrogens with one attached hydrogen (secondary N) is 2. The number of methoxy groups -OCH3 is 1. The fraction of sp³-hybridized carbons (Fsp3) is 0.571. The Hall–Kier alpha value is -3.25. The molecule has 3 aliphatic rings. The maximum Gasteiger partial charge on any atom is 0.471 e. The van der Waals surface area contributed by atoms with Crippen molar-refractivity contribution in [1.82, 2.24) is 20.1 Å². The van der Waals surface area contributed by atoms with Crippen LogP contribution in [-0.2, 0) is 23.5 Å². The van der Waals surface area contributed by atoms with Crippen LogP contribution in [0.5, 0.6) is 5.75 Å². The summed E-state index contributed by atoms with van der Waals surface area (Å²) in [5.41, 5.74) is 1.09. The van der Waals surface area contributed by atoms with Crippen molar-refractivity contribution in [3.63, 3.8) is 0 Å². The molecule has 13 nitrogen and oxygen atoms in total. The van der Waals surface area contributed by atoms with E-state index in [1.54, 1.807) is 25.0 Å². The molecular weight excluding hydrogens is 567 g/mol. The van der Waals surface area contributed by atoms with Crippen LogP contribution in [0.4, 0.5) is 0 Å². The molecule has 4 N–H and O–H groups in total. The van der Waals surface area contributed by atoms with Crippen molar-refractivity contribution in [2.75, 3.05) is 26.9 Å². The molecule has 3 amide bonds. The number of aromatic nitrogens is 1. The third-order valence-corrected chi connectivity index (χ3v) is 9.31. The number of carbonyl (C=O) groups is 4. The van der Waals surface area contributed by atoms with E-state index < -0.39 is 44.4 Å². The molecular formula is C28H37N4O9P. The van der Waals surface area contributed by atoms with E-state index in [0.717, 1.165) is 30.2 Å². The van der Waals surface area contributed by atoms with Gasteiger partial charge in [0.1, 0.15) is 24.2 Å². The number of Topliss-reactive ketones (excluding diaryl/α,β-unsaturated/α-hetero) is 1. The monoisotopic (exact) mass is 604 g/mol. The second-order valence-electron chi connectivity index (χ2n) is 11.3.